The molecule has 3 saturated carbocycles. The van der Waals surface area contributed by atoms with Crippen molar-refractivity contribution in [1.82, 2.24) is 0 Å². The Bertz CT molecular complexity index is 2070. The quantitative estimate of drug-likeness (QED) is 0.203. The average Bonchev–Trinajstić information content (AvgIpc) is 3.73. The molecule has 10 rings (SSSR count). The maximum Gasteiger partial charge on any atom is 0.0288 e. The number of allylic oxidation sites excluding steroid dienone is 2. The SMILES string of the molecule is CC(C)C1C(C2CCCCC2)C2(c3ccc4c(c3-c3cc(C(C)(C)C)c5ccccc5c32)C(C)(C)C2=C4Cc3ccccc32)C1C1CCCCC1. The minimum atomic E-state index is -0.0409. The highest BCUT2D eigenvalue weighted by molar-refractivity contribution is 6.10. The Morgan fingerprint density at radius 3 is 1.88 bits per heavy atom. The van der Waals surface area contributed by atoms with Gasteiger partial charge in [0.1, 0.15) is 0 Å². The van der Waals surface area contributed by atoms with E-state index in [4.69, 9.17) is 0 Å². The van der Waals surface area contributed by atoms with E-state index in [2.05, 4.69) is 115 Å². The molecular weight excluding hydrogens is 613 g/mol. The zero-order valence-electron chi connectivity index (χ0n) is 32.6. The summed E-state index contributed by atoms with van der Waals surface area (Å²) in [6.07, 6.45) is 15.4. The molecule has 51 heavy (non-hydrogen) atoms. The van der Waals surface area contributed by atoms with Gasteiger partial charge in [0.05, 0.1) is 0 Å². The fourth-order valence-electron chi connectivity index (χ4n) is 14.1. The molecule has 0 heterocycles. The van der Waals surface area contributed by atoms with Crippen LogP contribution in [0.3, 0.4) is 0 Å². The molecule has 1 spiro atoms. The Labute approximate surface area is 308 Å². The lowest BCUT2D eigenvalue weighted by molar-refractivity contribution is -0.130. The lowest BCUT2D eigenvalue weighted by atomic mass is 9.35. The van der Waals surface area contributed by atoms with Gasteiger partial charge in [0.2, 0.25) is 0 Å². The van der Waals surface area contributed by atoms with Crippen molar-refractivity contribution in [2.45, 2.75) is 135 Å². The minimum absolute atomic E-state index is 0.0409. The predicted molar refractivity (Wildman–Crippen MR) is 217 cm³/mol. The van der Waals surface area contributed by atoms with Crippen LogP contribution < -0.4 is 0 Å². The van der Waals surface area contributed by atoms with Crippen LogP contribution in [-0.4, -0.2) is 0 Å². The summed E-state index contributed by atoms with van der Waals surface area (Å²) >= 11 is 0. The molecule has 2 atom stereocenters. The fraction of sp³-hybridized carbons (Fsp3) is 0.529. The Morgan fingerprint density at radius 2 is 1.25 bits per heavy atom. The Balaban J connectivity index is 1.33. The minimum Gasteiger partial charge on any atom is -0.0625 e. The van der Waals surface area contributed by atoms with Crippen LogP contribution in [0.1, 0.15) is 152 Å². The topological polar surface area (TPSA) is 0 Å². The lowest BCUT2D eigenvalue weighted by Gasteiger charge is -2.68. The number of rotatable bonds is 3. The molecule has 0 N–H and O–H groups in total. The van der Waals surface area contributed by atoms with Crippen LogP contribution in [0.4, 0.5) is 0 Å². The standard InChI is InChI=1S/C51H60/c1-30(2)42-44(31-18-10-8-11-19-31)51(45(42)32-20-12-9-13-21-32)40-27-26-37-38-28-33-22-14-15-23-34(33)46(38)50(6,7)48(37)43(40)39-29-41(49(3,4)5)35-24-16-17-25-36(35)47(39)51/h14-17,22-27,29-32,42,44-45H,8-13,18-21,28H2,1-7H3. The number of benzene rings is 4. The molecule has 0 heteroatoms. The van der Waals surface area contributed by atoms with E-state index in [1.807, 2.05) is 0 Å². The lowest BCUT2D eigenvalue weighted by Crippen LogP contribution is -2.66. The van der Waals surface area contributed by atoms with Crippen molar-refractivity contribution < 1.29 is 0 Å². The van der Waals surface area contributed by atoms with Gasteiger partial charge < -0.3 is 0 Å². The van der Waals surface area contributed by atoms with E-state index in [-0.39, 0.29) is 16.2 Å². The maximum atomic E-state index is 2.76. The second-order valence-electron chi connectivity index (χ2n) is 19.9. The molecule has 0 radical (unpaired) electrons. The van der Waals surface area contributed by atoms with Crippen molar-refractivity contribution in [1.29, 1.82) is 0 Å². The third kappa shape index (κ3) is 4.20. The second-order valence-corrected chi connectivity index (χ2v) is 19.9. The first-order valence-corrected chi connectivity index (χ1v) is 21.1. The smallest absolute Gasteiger partial charge is 0.0288 e. The summed E-state index contributed by atoms with van der Waals surface area (Å²) in [5.41, 5.74) is 17.9. The summed E-state index contributed by atoms with van der Waals surface area (Å²) in [7, 11) is 0. The summed E-state index contributed by atoms with van der Waals surface area (Å²) in [6, 6.07) is 27.2. The van der Waals surface area contributed by atoms with Crippen LogP contribution in [0, 0.1) is 35.5 Å². The maximum absolute atomic E-state index is 2.76. The number of hydrogen-bond donors (Lipinski definition) is 0. The van der Waals surface area contributed by atoms with Crippen molar-refractivity contribution in [2.24, 2.45) is 35.5 Å². The summed E-state index contributed by atoms with van der Waals surface area (Å²) in [5.74, 6) is 4.60. The molecule has 6 aliphatic carbocycles. The fourth-order valence-corrected chi connectivity index (χ4v) is 14.1. The normalized spacial score (nSPS) is 28.2. The van der Waals surface area contributed by atoms with Crippen LogP contribution in [0.25, 0.3) is 33.0 Å². The first-order chi connectivity index (χ1) is 24.6. The van der Waals surface area contributed by atoms with Gasteiger partial charge in [-0.3, -0.25) is 0 Å². The van der Waals surface area contributed by atoms with Crippen LogP contribution in [0.2, 0.25) is 0 Å². The molecular formula is C51H60. The van der Waals surface area contributed by atoms with E-state index in [1.165, 1.54) is 86.3 Å². The average molecular weight is 673 g/mol. The molecule has 0 aliphatic heterocycles. The van der Waals surface area contributed by atoms with Gasteiger partial charge in [-0.05, 0) is 125 Å². The highest BCUT2D eigenvalue weighted by Crippen LogP contribution is 2.76. The zero-order valence-corrected chi connectivity index (χ0v) is 32.6. The van der Waals surface area contributed by atoms with Crippen molar-refractivity contribution in [3.8, 4) is 11.1 Å². The highest BCUT2D eigenvalue weighted by atomic mass is 14.7. The van der Waals surface area contributed by atoms with E-state index < -0.39 is 0 Å². The van der Waals surface area contributed by atoms with Crippen molar-refractivity contribution in [2.75, 3.05) is 0 Å². The van der Waals surface area contributed by atoms with E-state index in [1.54, 1.807) is 49.9 Å². The van der Waals surface area contributed by atoms with Gasteiger partial charge in [-0.2, -0.15) is 0 Å². The second kappa shape index (κ2) is 11.2. The molecule has 3 fully saturated rings. The van der Waals surface area contributed by atoms with Crippen LogP contribution in [-0.2, 0) is 22.7 Å². The first kappa shape index (κ1) is 32.5. The molecule has 0 aromatic heterocycles. The molecule has 2 unspecified atom stereocenters. The van der Waals surface area contributed by atoms with Crippen LogP contribution in [0.5, 0.6) is 0 Å². The first-order valence-electron chi connectivity index (χ1n) is 21.1. The molecule has 264 valence electrons. The van der Waals surface area contributed by atoms with Crippen molar-refractivity contribution in [3.63, 3.8) is 0 Å². The van der Waals surface area contributed by atoms with Gasteiger partial charge in [0, 0.05) is 10.8 Å². The third-order valence-corrected chi connectivity index (χ3v) is 15.7. The van der Waals surface area contributed by atoms with Gasteiger partial charge >= 0.3 is 0 Å². The molecule has 4 aromatic rings. The zero-order chi connectivity index (χ0) is 35.0. The van der Waals surface area contributed by atoms with Crippen LogP contribution >= 0.6 is 0 Å². The van der Waals surface area contributed by atoms with Gasteiger partial charge in [0.25, 0.3) is 0 Å². The largest absolute Gasteiger partial charge is 0.0625 e. The van der Waals surface area contributed by atoms with Crippen molar-refractivity contribution >= 4 is 21.9 Å². The number of hydrogen-bond acceptors (Lipinski definition) is 0. The third-order valence-electron chi connectivity index (χ3n) is 15.7. The van der Waals surface area contributed by atoms with E-state index in [9.17, 15) is 0 Å². The molecule has 0 amide bonds. The van der Waals surface area contributed by atoms with Crippen LogP contribution in [0.15, 0.2) is 66.7 Å². The Kier molecular flexibility index (Phi) is 7.14. The summed E-state index contributed by atoms with van der Waals surface area (Å²) in [4.78, 5) is 0. The van der Waals surface area contributed by atoms with E-state index in [0.29, 0.717) is 0 Å². The van der Waals surface area contributed by atoms with Gasteiger partial charge in [-0.1, -0.05) is 173 Å². The van der Waals surface area contributed by atoms with Gasteiger partial charge in [-0.25, -0.2) is 0 Å². The van der Waals surface area contributed by atoms with E-state index in [0.717, 1.165) is 41.9 Å². The summed E-state index contributed by atoms with van der Waals surface area (Å²) in [6.45, 7) is 17.7. The highest BCUT2D eigenvalue weighted by Gasteiger charge is 2.70. The molecule has 0 saturated heterocycles. The predicted octanol–water partition coefficient (Wildman–Crippen LogP) is 13.8. The number of fused-ring (bicyclic) bond motifs is 12. The Hall–Kier alpha value is -3.12. The Morgan fingerprint density at radius 1 is 0.647 bits per heavy atom. The summed E-state index contributed by atoms with van der Waals surface area (Å²) < 4.78 is 0. The molecule has 0 nitrogen and oxygen atoms in total. The van der Waals surface area contributed by atoms with Crippen molar-refractivity contribution in [3.05, 3.63) is 106 Å². The van der Waals surface area contributed by atoms with Gasteiger partial charge in [-0.15, -0.1) is 0 Å². The molecule has 4 aromatic carbocycles. The molecule has 6 aliphatic rings. The monoisotopic (exact) mass is 672 g/mol. The van der Waals surface area contributed by atoms with Gasteiger partial charge in [0.15, 0.2) is 0 Å². The molecule has 0 bridgehead atoms. The summed E-state index contributed by atoms with van der Waals surface area (Å²) in [5, 5.41) is 3.09. The van der Waals surface area contributed by atoms with E-state index >= 15 is 0 Å².